The second kappa shape index (κ2) is 3.98. The van der Waals surface area contributed by atoms with Crippen molar-refractivity contribution < 1.29 is 9.90 Å². The highest BCUT2D eigenvalue weighted by Crippen LogP contribution is 1.99. The van der Waals surface area contributed by atoms with Crippen molar-refractivity contribution in [3.05, 3.63) is 0 Å². The van der Waals surface area contributed by atoms with Crippen LogP contribution in [0.4, 0.5) is 0 Å². The lowest BCUT2D eigenvalue weighted by atomic mass is 10.1. The van der Waals surface area contributed by atoms with Crippen molar-refractivity contribution >= 4 is 31.0 Å². The molecule has 0 amide bonds. The molecule has 0 aromatic rings. The van der Waals surface area contributed by atoms with Crippen LogP contribution >= 0.6 is 25.0 Å². The van der Waals surface area contributed by atoms with Gasteiger partial charge in [-0.3, -0.25) is 4.79 Å². The predicted octanol–water partition coefficient (Wildman–Crippen LogP) is 0.140. The molecule has 0 fully saturated rings. The summed E-state index contributed by atoms with van der Waals surface area (Å²) in [6.07, 6.45) is 0. The topological polar surface area (TPSA) is 63.3 Å². The van der Waals surface area contributed by atoms with E-state index in [4.69, 9.17) is 10.8 Å². The highest BCUT2D eigenvalue weighted by atomic mass is 35.5. The zero-order valence-electron chi connectivity index (χ0n) is 5.00. The zero-order valence-corrected chi connectivity index (χ0v) is 6.71. The van der Waals surface area contributed by atoms with Gasteiger partial charge in [-0.15, -0.1) is 12.4 Å². The summed E-state index contributed by atoms with van der Waals surface area (Å²) in [4.78, 5) is 10.1. The number of aliphatic carboxylic acids is 1. The SMILES string of the molecule is CC(N)(CS)C(=O)O.Cl. The molecule has 3 nitrogen and oxygen atoms in total. The van der Waals surface area contributed by atoms with Crippen molar-refractivity contribution in [1.29, 1.82) is 0 Å². The van der Waals surface area contributed by atoms with Gasteiger partial charge in [0.1, 0.15) is 5.54 Å². The lowest BCUT2D eigenvalue weighted by Gasteiger charge is -2.14. The van der Waals surface area contributed by atoms with E-state index in [0.717, 1.165) is 0 Å². The summed E-state index contributed by atoms with van der Waals surface area (Å²) in [5, 5.41) is 8.27. The third-order valence-electron chi connectivity index (χ3n) is 0.817. The molecule has 0 radical (unpaired) electrons. The monoisotopic (exact) mass is 171 g/mol. The van der Waals surface area contributed by atoms with Crippen LogP contribution in [0.5, 0.6) is 0 Å². The van der Waals surface area contributed by atoms with Gasteiger partial charge in [-0.25, -0.2) is 0 Å². The van der Waals surface area contributed by atoms with Gasteiger partial charge in [-0.2, -0.15) is 12.6 Å². The summed E-state index contributed by atoms with van der Waals surface area (Å²) in [5.74, 6) is -0.866. The van der Waals surface area contributed by atoms with E-state index in [9.17, 15) is 4.79 Å². The summed E-state index contributed by atoms with van der Waals surface area (Å²) < 4.78 is 0. The van der Waals surface area contributed by atoms with Gasteiger partial charge in [-0.1, -0.05) is 0 Å². The molecule has 1 atom stereocenters. The van der Waals surface area contributed by atoms with Crippen LogP contribution in [-0.4, -0.2) is 22.4 Å². The molecule has 5 heteroatoms. The molecule has 0 aromatic carbocycles. The number of carboxylic acids is 1. The quantitative estimate of drug-likeness (QED) is 0.518. The molecule has 1 unspecified atom stereocenters. The number of carbonyl (C=O) groups is 1. The van der Waals surface area contributed by atoms with Crippen molar-refractivity contribution in [1.82, 2.24) is 0 Å². The maximum atomic E-state index is 10.1. The molecule has 0 aliphatic heterocycles. The Morgan fingerprint density at radius 3 is 2.22 bits per heavy atom. The first-order valence-electron chi connectivity index (χ1n) is 2.14. The van der Waals surface area contributed by atoms with Crippen LogP contribution in [0.1, 0.15) is 6.92 Å². The molecular formula is C4H10ClNO2S. The largest absolute Gasteiger partial charge is 0.480 e. The van der Waals surface area contributed by atoms with E-state index in [2.05, 4.69) is 12.6 Å². The van der Waals surface area contributed by atoms with Gasteiger partial charge in [0.15, 0.2) is 0 Å². The maximum absolute atomic E-state index is 10.1. The van der Waals surface area contributed by atoms with Crippen LogP contribution in [0, 0.1) is 0 Å². The molecule has 0 bridgehead atoms. The third kappa shape index (κ3) is 3.61. The minimum Gasteiger partial charge on any atom is -0.480 e. The highest BCUT2D eigenvalue weighted by molar-refractivity contribution is 7.80. The number of carboxylic acid groups (broad SMARTS) is 1. The summed E-state index contributed by atoms with van der Waals surface area (Å²) in [6.45, 7) is 1.42. The summed E-state index contributed by atoms with van der Waals surface area (Å²) in [7, 11) is 0. The van der Waals surface area contributed by atoms with Crippen LogP contribution in [0.25, 0.3) is 0 Å². The molecule has 0 heterocycles. The standard InChI is InChI=1S/C4H9NO2S.ClH/c1-4(5,2-8)3(6)7;/h8H,2,5H2,1H3,(H,6,7);1H. The van der Waals surface area contributed by atoms with E-state index >= 15 is 0 Å². The smallest absolute Gasteiger partial charge is 0.324 e. The Balaban J connectivity index is 0. The van der Waals surface area contributed by atoms with Crippen molar-refractivity contribution in [3.8, 4) is 0 Å². The van der Waals surface area contributed by atoms with E-state index < -0.39 is 11.5 Å². The average molecular weight is 172 g/mol. The summed E-state index contributed by atoms with van der Waals surface area (Å²) in [5.41, 5.74) is 4.01. The molecule has 0 saturated heterocycles. The number of rotatable bonds is 2. The summed E-state index contributed by atoms with van der Waals surface area (Å²) in [6, 6.07) is 0. The Labute approximate surface area is 65.4 Å². The van der Waals surface area contributed by atoms with Crippen LogP contribution in [0.2, 0.25) is 0 Å². The van der Waals surface area contributed by atoms with E-state index in [1.54, 1.807) is 0 Å². The Morgan fingerprint density at radius 1 is 1.89 bits per heavy atom. The van der Waals surface area contributed by atoms with Crippen molar-refractivity contribution in [2.45, 2.75) is 12.5 Å². The number of hydrogen-bond acceptors (Lipinski definition) is 3. The van der Waals surface area contributed by atoms with Crippen LogP contribution < -0.4 is 5.73 Å². The second-order valence-electron chi connectivity index (χ2n) is 1.88. The first-order valence-corrected chi connectivity index (χ1v) is 2.77. The molecule has 0 rings (SSSR count). The number of hydrogen-bond donors (Lipinski definition) is 3. The Bertz CT molecular complexity index is 107. The van der Waals surface area contributed by atoms with Crippen molar-refractivity contribution in [2.24, 2.45) is 5.73 Å². The fourth-order valence-electron chi connectivity index (χ4n) is 0.0676. The van der Waals surface area contributed by atoms with Gasteiger partial charge < -0.3 is 10.8 Å². The molecule has 3 N–H and O–H groups in total. The second-order valence-corrected chi connectivity index (χ2v) is 2.20. The first kappa shape index (κ1) is 11.8. The molecule has 56 valence electrons. The first-order chi connectivity index (χ1) is 3.50. The minimum atomic E-state index is -1.18. The molecule has 0 saturated carbocycles. The van der Waals surface area contributed by atoms with E-state index in [1.165, 1.54) is 6.92 Å². The zero-order chi connectivity index (χ0) is 6.78. The average Bonchev–Trinajstić information content (AvgIpc) is 1.67. The predicted molar refractivity (Wildman–Crippen MR) is 41.3 cm³/mol. The Morgan fingerprint density at radius 2 is 2.22 bits per heavy atom. The van der Waals surface area contributed by atoms with Crippen LogP contribution in [0.3, 0.4) is 0 Å². The van der Waals surface area contributed by atoms with Gasteiger partial charge in [-0.05, 0) is 6.92 Å². The highest BCUT2D eigenvalue weighted by Gasteiger charge is 2.25. The van der Waals surface area contributed by atoms with Gasteiger partial charge in [0.05, 0.1) is 0 Å². The van der Waals surface area contributed by atoms with Gasteiger partial charge >= 0.3 is 5.97 Å². The van der Waals surface area contributed by atoms with Crippen molar-refractivity contribution in [2.75, 3.05) is 5.75 Å². The van der Waals surface area contributed by atoms with E-state index in [1.807, 2.05) is 0 Å². The molecule has 9 heavy (non-hydrogen) atoms. The maximum Gasteiger partial charge on any atom is 0.324 e. The molecule has 0 aliphatic rings. The number of thiol groups is 1. The van der Waals surface area contributed by atoms with Crippen LogP contribution in [0.15, 0.2) is 0 Å². The Hall–Kier alpha value is 0.0700. The fourth-order valence-corrected chi connectivity index (χ4v) is 0.203. The molecule has 0 aromatic heterocycles. The lowest BCUT2D eigenvalue weighted by molar-refractivity contribution is -0.141. The van der Waals surface area contributed by atoms with Crippen LogP contribution in [-0.2, 0) is 4.79 Å². The minimum absolute atomic E-state index is 0. The summed E-state index contributed by atoms with van der Waals surface area (Å²) >= 11 is 3.73. The fraction of sp³-hybridized carbons (Fsp3) is 0.750. The lowest BCUT2D eigenvalue weighted by Crippen LogP contribution is -2.46. The van der Waals surface area contributed by atoms with Gasteiger partial charge in [0.25, 0.3) is 0 Å². The van der Waals surface area contributed by atoms with Gasteiger partial charge in [0, 0.05) is 5.75 Å². The number of halogens is 1. The van der Waals surface area contributed by atoms with Crippen molar-refractivity contribution in [3.63, 3.8) is 0 Å². The molecular weight excluding hydrogens is 162 g/mol. The van der Waals surface area contributed by atoms with E-state index in [-0.39, 0.29) is 18.2 Å². The van der Waals surface area contributed by atoms with E-state index in [0.29, 0.717) is 0 Å². The Kier molecular flexibility index (Phi) is 5.22. The number of nitrogens with two attached hydrogens (primary N) is 1. The van der Waals surface area contributed by atoms with Gasteiger partial charge in [0.2, 0.25) is 0 Å². The normalized spacial score (nSPS) is 15.4. The molecule has 0 aliphatic carbocycles. The molecule has 0 spiro atoms. The third-order valence-corrected chi connectivity index (χ3v) is 1.47.